The minimum Gasteiger partial charge on any atom is -0.340 e. The van der Waals surface area contributed by atoms with Crippen molar-refractivity contribution in [2.75, 3.05) is 7.05 Å². The van der Waals surface area contributed by atoms with Gasteiger partial charge in [-0.25, -0.2) is 0 Å². The number of hydrogen-bond acceptors (Lipinski definition) is 5. The quantitative estimate of drug-likeness (QED) is 0.618. The lowest BCUT2D eigenvalue weighted by Gasteiger charge is -2.17. The van der Waals surface area contributed by atoms with Crippen LogP contribution in [0, 0.1) is 10.1 Å². The van der Waals surface area contributed by atoms with Gasteiger partial charge in [0, 0.05) is 25.7 Å². The zero-order valence-electron chi connectivity index (χ0n) is 11.3. The number of hydrogen-bond donors (Lipinski definition) is 0. The maximum atomic E-state index is 12.1. The van der Waals surface area contributed by atoms with Crippen molar-refractivity contribution in [1.29, 1.82) is 0 Å². The van der Waals surface area contributed by atoms with Gasteiger partial charge in [0.1, 0.15) is 6.54 Å². The van der Waals surface area contributed by atoms with Crippen LogP contribution < -0.4 is 5.56 Å². The molecule has 0 unspecified atom stereocenters. The normalized spacial score (nSPS) is 10.3. The smallest absolute Gasteiger partial charge is 0.285 e. The van der Waals surface area contributed by atoms with Crippen LogP contribution in [0.4, 0.5) is 5.69 Å². The van der Waals surface area contributed by atoms with Crippen molar-refractivity contribution in [2.24, 2.45) is 0 Å². The van der Waals surface area contributed by atoms with Gasteiger partial charge in [0.25, 0.3) is 11.2 Å². The lowest BCUT2D eigenvalue weighted by molar-refractivity contribution is -0.385. The van der Waals surface area contributed by atoms with Gasteiger partial charge in [-0.1, -0.05) is 0 Å². The third-order valence-corrected chi connectivity index (χ3v) is 3.64. The van der Waals surface area contributed by atoms with E-state index in [9.17, 15) is 19.7 Å². The summed E-state index contributed by atoms with van der Waals surface area (Å²) in [6.07, 6.45) is 1.08. The van der Waals surface area contributed by atoms with Gasteiger partial charge in [-0.15, -0.1) is 0 Å². The fourth-order valence-electron chi connectivity index (χ4n) is 1.76. The van der Waals surface area contributed by atoms with E-state index in [1.54, 1.807) is 7.05 Å². The van der Waals surface area contributed by atoms with Crippen molar-refractivity contribution in [1.82, 2.24) is 9.47 Å². The van der Waals surface area contributed by atoms with E-state index in [0.29, 0.717) is 6.54 Å². The summed E-state index contributed by atoms with van der Waals surface area (Å²) >= 11 is 1.54. The fraction of sp³-hybridized carbons (Fsp3) is 0.231. The predicted octanol–water partition coefficient (Wildman–Crippen LogP) is 1.48. The first-order valence-electron chi connectivity index (χ1n) is 6.07. The van der Waals surface area contributed by atoms with Crippen LogP contribution in [0.3, 0.4) is 0 Å². The number of nitro groups is 1. The molecular formula is C13H13N3O4S. The molecule has 2 aromatic heterocycles. The minimum atomic E-state index is -0.602. The molecule has 2 rings (SSSR count). The van der Waals surface area contributed by atoms with Crippen molar-refractivity contribution >= 4 is 22.9 Å². The Kier molecular flexibility index (Phi) is 4.49. The topological polar surface area (TPSA) is 85.4 Å². The van der Waals surface area contributed by atoms with Gasteiger partial charge in [0.2, 0.25) is 5.91 Å². The second-order valence-corrected chi connectivity index (χ2v) is 5.27. The van der Waals surface area contributed by atoms with Crippen molar-refractivity contribution in [3.8, 4) is 0 Å². The van der Waals surface area contributed by atoms with Gasteiger partial charge in [-0.05, 0) is 22.4 Å². The average molecular weight is 307 g/mol. The molecule has 0 radical (unpaired) electrons. The summed E-state index contributed by atoms with van der Waals surface area (Å²) in [5, 5.41) is 14.5. The molecular weight excluding hydrogens is 294 g/mol. The van der Waals surface area contributed by atoms with Gasteiger partial charge in [-0.3, -0.25) is 24.3 Å². The standard InChI is InChI=1S/C13H13N3O4S/c1-14(6-10-4-5-21-9-10)13(18)8-15-7-11(16(19)20)2-3-12(15)17/h2-5,7,9H,6,8H2,1H3. The molecule has 0 saturated heterocycles. The van der Waals surface area contributed by atoms with Crippen LogP contribution in [-0.4, -0.2) is 27.3 Å². The van der Waals surface area contributed by atoms with Crippen LogP contribution >= 0.6 is 11.3 Å². The summed E-state index contributed by atoms with van der Waals surface area (Å²) in [6.45, 7) is 0.215. The highest BCUT2D eigenvalue weighted by Crippen LogP contribution is 2.09. The maximum Gasteiger partial charge on any atom is 0.285 e. The number of carbonyl (C=O) groups excluding carboxylic acids is 1. The molecule has 0 aliphatic rings. The molecule has 2 heterocycles. The Morgan fingerprint density at radius 3 is 2.81 bits per heavy atom. The van der Waals surface area contributed by atoms with Crippen molar-refractivity contribution in [3.63, 3.8) is 0 Å². The Morgan fingerprint density at radius 1 is 1.43 bits per heavy atom. The van der Waals surface area contributed by atoms with Crippen LogP contribution in [0.15, 0.2) is 40.0 Å². The van der Waals surface area contributed by atoms with Gasteiger partial charge < -0.3 is 4.90 Å². The molecule has 7 nitrogen and oxygen atoms in total. The fourth-order valence-corrected chi connectivity index (χ4v) is 2.42. The van der Waals surface area contributed by atoms with Crippen LogP contribution in [0.5, 0.6) is 0 Å². The average Bonchev–Trinajstić information content (AvgIpc) is 2.93. The number of rotatable bonds is 5. The number of likely N-dealkylation sites (N-methyl/N-ethyl adjacent to an activating group) is 1. The monoisotopic (exact) mass is 307 g/mol. The molecule has 21 heavy (non-hydrogen) atoms. The first kappa shape index (κ1) is 14.9. The number of pyridine rings is 1. The first-order chi connectivity index (χ1) is 9.97. The Morgan fingerprint density at radius 2 is 2.19 bits per heavy atom. The summed E-state index contributed by atoms with van der Waals surface area (Å²) in [5.41, 5.74) is 0.336. The Balaban J connectivity index is 2.10. The van der Waals surface area contributed by atoms with Gasteiger partial charge in [-0.2, -0.15) is 11.3 Å². The van der Waals surface area contributed by atoms with E-state index in [1.165, 1.54) is 16.2 Å². The molecule has 0 saturated carbocycles. The minimum absolute atomic E-state index is 0.220. The van der Waals surface area contributed by atoms with E-state index in [-0.39, 0.29) is 18.1 Å². The van der Waals surface area contributed by atoms with Gasteiger partial charge >= 0.3 is 0 Å². The van der Waals surface area contributed by atoms with E-state index in [2.05, 4.69) is 0 Å². The summed E-state index contributed by atoms with van der Waals surface area (Å²) in [4.78, 5) is 35.3. The first-order valence-corrected chi connectivity index (χ1v) is 7.01. The molecule has 0 fully saturated rings. The predicted molar refractivity (Wildman–Crippen MR) is 78.1 cm³/mol. The maximum absolute atomic E-state index is 12.1. The van der Waals surface area contributed by atoms with Gasteiger partial charge in [0.15, 0.2) is 0 Å². The molecule has 0 spiro atoms. The zero-order chi connectivity index (χ0) is 15.4. The highest BCUT2D eigenvalue weighted by Gasteiger charge is 2.14. The highest BCUT2D eigenvalue weighted by molar-refractivity contribution is 7.07. The molecule has 110 valence electrons. The SMILES string of the molecule is CN(Cc1ccsc1)C(=O)Cn1cc([N+](=O)[O-])ccc1=O. The number of thiophene rings is 1. The second kappa shape index (κ2) is 6.31. The molecule has 8 heteroatoms. The molecule has 2 aromatic rings. The Hall–Kier alpha value is -2.48. The van der Waals surface area contributed by atoms with Crippen molar-refractivity contribution in [2.45, 2.75) is 13.1 Å². The lowest BCUT2D eigenvalue weighted by atomic mass is 10.3. The van der Waals surface area contributed by atoms with E-state index in [0.717, 1.165) is 28.5 Å². The molecule has 1 amide bonds. The van der Waals surface area contributed by atoms with Crippen LogP contribution in [-0.2, 0) is 17.9 Å². The van der Waals surface area contributed by atoms with Crippen LogP contribution in [0.25, 0.3) is 0 Å². The molecule has 0 aromatic carbocycles. The number of carbonyl (C=O) groups is 1. The van der Waals surface area contributed by atoms with Crippen molar-refractivity contribution in [3.05, 3.63) is 61.2 Å². The number of aromatic nitrogens is 1. The largest absolute Gasteiger partial charge is 0.340 e. The van der Waals surface area contributed by atoms with Gasteiger partial charge in [0.05, 0.1) is 11.1 Å². The number of nitrogens with zero attached hydrogens (tertiary/aromatic N) is 3. The zero-order valence-corrected chi connectivity index (χ0v) is 12.1. The lowest BCUT2D eigenvalue weighted by Crippen LogP contribution is -2.33. The summed E-state index contributed by atoms with van der Waals surface area (Å²) in [6, 6.07) is 4.12. The van der Waals surface area contributed by atoms with E-state index >= 15 is 0 Å². The summed E-state index contributed by atoms with van der Waals surface area (Å²) < 4.78 is 1.05. The second-order valence-electron chi connectivity index (χ2n) is 4.49. The van der Waals surface area contributed by atoms with E-state index in [1.807, 2.05) is 16.8 Å². The molecule has 0 aliphatic heterocycles. The van der Waals surface area contributed by atoms with Crippen LogP contribution in [0.2, 0.25) is 0 Å². The number of amides is 1. The van der Waals surface area contributed by atoms with Crippen LogP contribution in [0.1, 0.15) is 5.56 Å². The summed E-state index contributed by atoms with van der Waals surface area (Å²) in [5.74, 6) is -0.288. The third-order valence-electron chi connectivity index (χ3n) is 2.91. The molecule has 0 bridgehead atoms. The molecule has 0 N–H and O–H groups in total. The van der Waals surface area contributed by atoms with E-state index < -0.39 is 10.5 Å². The summed E-state index contributed by atoms with van der Waals surface area (Å²) in [7, 11) is 1.63. The van der Waals surface area contributed by atoms with E-state index in [4.69, 9.17) is 0 Å². The van der Waals surface area contributed by atoms with Crippen molar-refractivity contribution < 1.29 is 9.72 Å². The Bertz CT molecular complexity index is 708. The highest BCUT2D eigenvalue weighted by atomic mass is 32.1. The molecule has 0 aliphatic carbocycles. The molecule has 0 atom stereocenters. The Labute approximate surface area is 124 Å². The third kappa shape index (κ3) is 3.76.